The van der Waals surface area contributed by atoms with E-state index in [1.165, 1.54) is 7.05 Å². The number of hydrogen-bond acceptors (Lipinski definition) is 4. The number of primary amides is 1. The number of rotatable bonds is 5. The lowest BCUT2D eigenvalue weighted by molar-refractivity contribution is -0.137. The first kappa shape index (κ1) is 14.9. The van der Waals surface area contributed by atoms with Gasteiger partial charge in [-0.05, 0) is 12.1 Å². The van der Waals surface area contributed by atoms with Crippen LogP contribution in [0, 0.1) is 0 Å². The number of carbonyl (C=O) groups is 1. The van der Waals surface area contributed by atoms with Gasteiger partial charge in [0.15, 0.2) is 0 Å². The minimum atomic E-state index is -4.45. The number of pyridine rings is 1. The molecule has 0 saturated carbocycles. The molecule has 19 heavy (non-hydrogen) atoms. The van der Waals surface area contributed by atoms with Gasteiger partial charge in [-0.3, -0.25) is 0 Å². The highest BCUT2D eigenvalue weighted by Crippen LogP contribution is 2.31. The average Bonchev–Trinajstić information content (AvgIpc) is 2.33. The summed E-state index contributed by atoms with van der Waals surface area (Å²) in [5.74, 6) is 0.158. The van der Waals surface area contributed by atoms with E-state index in [-0.39, 0.29) is 24.7 Å². The van der Waals surface area contributed by atoms with Crippen LogP contribution in [0.2, 0.25) is 0 Å². The Hall–Kier alpha value is -2.19. The van der Waals surface area contributed by atoms with Crippen molar-refractivity contribution in [3.05, 3.63) is 17.7 Å². The van der Waals surface area contributed by atoms with Crippen LogP contribution >= 0.6 is 0 Å². The van der Waals surface area contributed by atoms with Gasteiger partial charge in [-0.25, -0.2) is 9.78 Å². The molecule has 0 saturated heterocycles. The molecule has 0 bridgehead atoms. The second-order valence-electron chi connectivity index (χ2n) is 3.59. The van der Waals surface area contributed by atoms with Crippen LogP contribution in [0.15, 0.2) is 12.1 Å². The number of hydrogen-bond donors (Lipinski definition) is 4. The summed E-state index contributed by atoms with van der Waals surface area (Å²) in [6.07, 6.45) is -4.45. The highest BCUT2D eigenvalue weighted by Gasteiger charge is 2.31. The van der Waals surface area contributed by atoms with Crippen molar-refractivity contribution in [2.45, 2.75) is 6.18 Å². The molecule has 106 valence electrons. The van der Waals surface area contributed by atoms with Crippen LogP contribution in [0.3, 0.4) is 0 Å². The highest BCUT2D eigenvalue weighted by atomic mass is 19.4. The Balaban J connectivity index is 2.74. The topological polar surface area (TPSA) is 92.1 Å². The van der Waals surface area contributed by atoms with Gasteiger partial charge in [0, 0.05) is 20.1 Å². The Kier molecular flexibility index (Phi) is 4.79. The fourth-order valence-corrected chi connectivity index (χ4v) is 1.29. The van der Waals surface area contributed by atoms with E-state index in [9.17, 15) is 18.0 Å². The zero-order chi connectivity index (χ0) is 14.5. The Morgan fingerprint density at radius 3 is 2.47 bits per heavy atom. The van der Waals surface area contributed by atoms with Crippen LogP contribution in [-0.4, -0.2) is 31.2 Å². The molecule has 2 amide bonds. The summed E-state index contributed by atoms with van der Waals surface area (Å²) in [5, 5.41) is 7.51. The molecule has 0 aliphatic rings. The summed E-state index contributed by atoms with van der Waals surface area (Å²) in [6.45, 7) is 0.391. The number of anilines is 2. The van der Waals surface area contributed by atoms with Crippen molar-refractivity contribution in [2.75, 3.05) is 30.8 Å². The van der Waals surface area contributed by atoms with E-state index in [2.05, 4.69) is 20.9 Å². The zero-order valence-corrected chi connectivity index (χ0v) is 10.1. The summed E-state index contributed by atoms with van der Waals surface area (Å²) in [5.41, 5.74) is 4.04. The van der Waals surface area contributed by atoms with E-state index >= 15 is 0 Å². The molecule has 0 aliphatic heterocycles. The number of urea groups is 1. The van der Waals surface area contributed by atoms with Gasteiger partial charge in [-0.2, -0.15) is 13.2 Å². The molecule has 5 N–H and O–H groups in total. The summed E-state index contributed by atoms with van der Waals surface area (Å²) in [6, 6.07) is 1.10. The fourth-order valence-electron chi connectivity index (χ4n) is 1.29. The van der Waals surface area contributed by atoms with Crippen molar-refractivity contribution >= 4 is 17.7 Å². The van der Waals surface area contributed by atoms with Crippen LogP contribution in [-0.2, 0) is 6.18 Å². The van der Waals surface area contributed by atoms with Crippen molar-refractivity contribution in [1.82, 2.24) is 10.3 Å². The maximum Gasteiger partial charge on any atom is 0.416 e. The third kappa shape index (κ3) is 4.90. The van der Waals surface area contributed by atoms with Gasteiger partial charge < -0.3 is 21.7 Å². The molecule has 0 unspecified atom stereocenters. The normalized spacial score (nSPS) is 10.9. The van der Waals surface area contributed by atoms with Crippen LogP contribution < -0.4 is 21.7 Å². The lowest BCUT2D eigenvalue weighted by Crippen LogP contribution is -2.33. The molecular formula is C10H14F3N5O. The smallest absolute Gasteiger partial charge is 0.373 e. The van der Waals surface area contributed by atoms with E-state index < -0.39 is 17.8 Å². The van der Waals surface area contributed by atoms with Crippen molar-refractivity contribution in [3.63, 3.8) is 0 Å². The van der Waals surface area contributed by atoms with Gasteiger partial charge >= 0.3 is 12.2 Å². The Morgan fingerprint density at radius 2 is 1.95 bits per heavy atom. The Morgan fingerprint density at radius 1 is 1.32 bits per heavy atom. The van der Waals surface area contributed by atoms with Gasteiger partial charge in [0.1, 0.15) is 11.6 Å². The first-order valence-electron chi connectivity index (χ1n) is 5.37. The van der Waals surface area contributed by atoms with E-state index in [0.29, 0.717) is 0 Å². The van der Waals surface area contributed by atoms with Crippen molar-refractivity contribution in [3.8, 4) is 0 Å². The molecule has 1 rings (SSSR count). The third-order valence-corrected chi connectivity index (χ3v) is 2.14. The molecule has 0 radical (unpaired) electrons. The number of alkyl halides is 3. The lowest BCUT2D eigenvalue weighted by atomic mass is 10.2. The van der Waals surface area contributed by atoms with E-state index in [1.54, 1.807) is 0 Å². The molecule has 0 aromatic carbocycles. The molecule has 1 aromatic heterocycles. The maximum atomic E-state index is 12.6. The van der Waals surface area contributed by atoms with Gasteiger partial charge in [0.25, 0.3) is 0 Å². The van der Waals surface area contributed by atoms with Crippen molar-refractivity contribution in [2.24, 2.45) is 5.73 Å². The molecular weight excluding hydrogens is 263 g/mol. The standard InChI is InChI=1S/C10H14F3N5O/c1-15-7-4-6(10(11,12)13)5-8(18-7)16-2-3-17-9(14)19/h4-5H,2-3H2,1H3,(H3,14,17,19)(H2,15,16,18). The number of carbonyl (C=O) groups excluding carboxylic acids is 1. The summed E-state index contributed by atoms with van der Waals surface area (Å²) < 4.78 is 37.9. The zero-order valence-electron chi connectivity index (χ0n) is 10.1. The number of nitrogens with two attached hydrogens (primary N) is 1. The summed E-state index contributed by atoms with van der Waals surface area (Å²) in [4.78, 5) is 14.3. The van der Waals surface area contributed by atoms with Gasteiger partial charge in [0.2, 0.25) is 0 Å². The maximum absolute atomic E-state index is 12.6. The van der Waals surface area contributed by atoms with E-state index in [4.69, 9.17) is 5.73 Å². The number of aromatic nitrogens is 1. The number of nitrogens with one attached hydrogen (secondary N) is 3. The van der Waals surface area contributed by atoms with E-state index in [0.717, 1.165) is 12.1 Å². The lowest BCUT2D eigenvalue weighted by Gasteiger charge is -2.12. The molecule has 0 aliphatic carbocycles. The van der Waals surface area contributed by atoms with Crippen LogP contribution in [0.25, 0.3) is 0 Å². The minimum absolute atomic E-state index is 0.0606. The fraction of sp³-hybridized carbons (Fsp3) is 0.400. The summed E-state index contributed by atoms with van der Waals surface area (Å²) in [7, 11) is 1.47. The molecule has 6 nitrogen and oxygen atoms in total. The quantitative estimate of drug-likeness (QED) is 0.609. The number of amides is 2. The number of nitrogens with zero attached hydrogens (tertiary/aromatic N) is 1. The number of halogens is 3. The molecule has 0 spiro atoms. The Bertz CT molecular complexity index is 449. The Labute approximate surface area is 107 Å². The van der Waals surface area contributed by atoms with Crippen LogP contribution in [0.1, 0.15) is 5.56 Å². The van der Waals surface area contributed by atoms with Crippen LogP contribution in [0.4, 0.5) is 29.6 Å². The first-order valence-corrected chi connectivity index (χ1v) is 5.37. The summed E-state index contributed by atoms with van der Waals surface area (Å²) >= 11 is 0. The molecule has 1 heterocycles. The molecule has 0 fully saturated rings. The minimum Gasteiger partial charge on any atom is -0.373 e. The average molecular weight is 277 g/mol. The first-order chi connectivity index (χ1) is 8.82. The predicted molar refractivity (Wildman–Crippen MR) is 64.9 cm³/mol. The van der Waals surface area contributed by atoms with Gasteiger partial charge in [0.05, 0.1) is 5.56 Å². The van der Waals surface area contributed by atoms with Crippen molar-refractivity contribution in [1.29, 1.82) is 0 Å². The van der Waals surface area contributed by atoms with Crippen molar-refractivity contribution < 1.29 is 18.0 Å². The van der Waals surface area contributed by atoms with E-state index in [1.807, 2.05) is 0 Å². The third-order valence-electron chi connectivity index (χ3n) is 2.14. The van der Waals surface area contributed by atoms with Gasteiger partial charge in [-0.1, -0.05) is 0 Å². The second kappa shape index (κ2) is 6.12. The van der Waals surface area contributed by atoms with Gasteiger partial charge in [-0.15, -0.1) is 0 Å². The monoisotopic (exact) mass is 277 g/mol. The largest absolute Gasteiger partial charge is 0.416 e. The molecule has 9 heteroatoms. The predicted octanol–water partition coefficient (Wildman–Crippen LogP) is 1.22. The molecule has 1 aromatic rings. The SMILES string of the molecule is CNc1cc(C(F)(F)F)cc(NCCNC(N)=O)n1. The highest BCUT2D eigenvalue weighted by molar-refractivity contribution is 5.71. The van der Waals surface area contributed by atoms with Crippen LogP contribution in [0.5, 0.6) is 0 Å². The molecule has 0 atom stereocenters. The second-order valence-corrected chi connectivity index (χ2v) is 3.59.